The molecule has 0 N–H and O–H groups in total. The SMILES string of the molecule is c1ccc(-c2ccc(-c3ccc(-c4ccccc4N(c4ccc(-c5ccccc5)cc4)c4ccc(-c5cccc6cccc(-c7ccccc7)c56)cc4)cc3)cc2)cc1. The van der Waals surface area contributed by atoms with Crippen molar-refractivity contribution in [2.24, 2.45) is 0 Å². The molecule has 0 heterocycles. The third-order valence-corrected chi connectivity index (χ3v) is 11.3. The highest BCUT2D eigenvalue weighted by Gasteiger charge is 2.18. The van der Waals surface area contributed by atoms with Crippen LogP contribution in [0.3, 0.4) is 0 Å². The van der Waals surface area contributed by atoms with Crippen molar-refractivity contribution < 1.29 is 0 Å². The highest BCUT2D eigenvalue weighted by atomic mass is 15.1. The molecule has 0 radical (unpaired) electrons. The largest absolute Gasteiger partial charge is 0.310 e. The second-order valence-electron chi connectivity index (χ2n) is 14.9. The van der Waals surface area contributed by atoms with Gasteiger partial charge in [-0.2, -0.15) is 0 Å². The molecular formula is C58H41N. The van der Waals surface area contributed by atoms with Crippen molar-refractivity contribution in [3.05, 3.63) is 249 Å². The normalized spacial score (nSPS) is 11.1. The van der Waals surface area contributed by atoms with Crippen LogP contribution in [0.2, 0.25) is 0 Å². The molecule has 1 heteroatoms. The Bertz CT molecular complexity index is 2970. The van der Waals surface area contributed by atoms with Crippen LogP contribution in [0.15, 0.2) is 249 Å². The molecule has 0 aliphatic rings. The second kappa shape index (κ2) is 16.0. The molecule has 0 aromatic heterocycles. The zero-order valence-corrected chi connectivity index (χ0v) is 32.6. The lowest BCUT2D eigenvalue weighted by atomic mass is 9.91. The van der Waals surface area contributed by atoms with Crippen LogP contribution in [0.25, 0.3) is 77.5 Å². The first-order valence-electron chi connectivity index (χ1n) is 20.3. The van der Waals surface area contributed by atoms with Gasteiger partial charge in [-0.3, -0.25) is 0 Å². The lowest BCUT2D eigenvalue weighted by Crippen LogP contribution is -2.11. The number of anilines is 3. The van der Waals surface area contributed by atoms with E-state index >= 15 is 0 Å². The van der Waals surface area contributed by atoms with Gasteiger partial charge in [-0.25, -0.2) is 0 Å². The molecule has 0 spiro atoms. The lowest BCUT2D eigenvalue weighted by Gasteiger charge is -2.28. The topological polar surface area (TPSA) is 3.24 Å². The molecule has 0 saturated carbocycles. The molecule has 0 unspecified atom stereocenters. The first-order valence-corrected chi connectivity index (χ1v) is 20.3. The van der Waals surface area contributed by atoms with Crippen LogP contribution in [-0.4, -0.2) is 0 Å². The van der Waals surface area contributed by atoms with Crippen molar-refractivity contribution in [3.63, 3.8) is 0 Å². The molecule has 0 aliphatic heterocycles. The summed E-state index contributed by atoms with van der Waals surface area (Å²) >= 11 is 0. The van der Waals surface area contributed by atoms with Gasteiger partial charge in [-0.1, -0.05) is 218 Å². The van der Waals surface area contributed by atoms with Crippen LogP contribution in [0, 0.1) is 0 Å². The monoisotopic (exact) mass is 751 g/mol. The Hall–Kier alpha value is -7.74. The predicted molar refractivity (Wildman–Crippen MR) is 251 cm³/mol. The van der Waals surface area contributed by atoms with E-state index < -0.39 is 0 Å². The van der Waals surface area contributed by atoms with Crippen LogP contribution >= 0.6 is 0 Å². The highest BCUT2D eigenvalue weighted by molar-refractivity contribution is 6.06. The number of fused-ring (bicyclic) bond motifs is 1. The van der Waals surface area contributed by atoms with E-state index in [2.05, 4.69) is 254 Å². The molecule has 0 amide bonds. The fourth-order valence-corrected chi connectivity index (χ4v) is 8.33. The van der Waals surface area contributed by atoms with Gasteiger partial charge in [0.05, 0.1) is 5.69 Å². The number of nitrogens with zero attached hydrogens (tertiary/aromatic N) is 1. The van der Waals surface area contributed by atoms with Gasteiger partial charge in [0.2, 0.25) is 0 Å². The van der Waals surface area contributed by atoms with E-state index in [0.717, 1.165) is 28.2 Å². The summed E-state index contributed by atoms with van der Waals surface area (Å²) in [5.41, 5.74) is 17.7. The Kier molecular flexibility index (Phi) is 9.68. The Morgan fingerprint density at radius 3 is 0.983 bits per heavy atom. The molecule has 10 aromatic rings. The Labute approximate surface area is 346 Å². The first kappa shape index (κ1) is 35.7. The van der Waals surface area contributed by atoms with Gasteiger partial charge in [0.15, 0.2) is 0 Å². The van der Waals surface area contributed by atoms with Gasteiger partial charge in [-0.15, -0.1) is 0 Å². The summed E-state index contributed by atoms with van der Waals surface area (Å²) in [7, 11) is 0. The fourth-order valence-electron chi connectivity index (χ4n) is 8.33. The molecule has 1 nitrogen and oxygen atoms in total. The van der Waals surface area contributed by atoms with Crippen molar-refractivity contribution in [3.8, 4) is 66.8 Å². The van der Waals surface area contributed by atoms with Crippen LogP contribution in [0.4, 0.5) is 17.1 Å². The Morgan fingerprint density at radius 1 is 0.203 bits per heavy atom. The van der Waals surface area contributed by atoms with E-state index in [1.165, 1.54) is 66.4 Å². The molecular weight excluding hydrogens is 711 g/mol. The maximum Gasteiger partial charge on any atom is 0.0540 e. The lowest BCUT2D eigenvalue weighted by molar-refractivity contribution is 1.28. The average molecular weight is 752 g/mol. The zero-order chi connectivity index (χ0) is 39.4. The molecule has 0 bridgehead atoms. The molecule has 278 valence electrons. The van der Waals surface area contributed by atoms with Crippen LogP contribution in [-0.2, 0) is 0 Å². The van der Waals surface area contributed by atoms with E-state index in [1.807, 2.05) is 0 Å². The second-order valence-corrected chi connectivity index (χ2v) is 14.9. The van der Waals surface area contributed by atoms with Gasteiger partial charge >= 0.3 is 0 Å². The van der Waals surface area contributed by atoms with Gasteiger partial charge < -0.3 is 4.90 Å². The van der Waals surface area contributed by atoms with Gasteiger partial charge in [-0.05, 0) is 102 Å². The van der Waals surface area contributed by atoms with Crippen molar-refractivity contribution in [2.75, 3.05) is 4.90 Å². The van der Waals surface area contributed by atoms with Gasteiger partial charge in [0.25, 0.3) is 0 Å². The summed E-state index contributed by atoms with van der Waals surface area (Å²) in [6, 6.07) is 89.7. The summed E-state index contributed by atoms with van der Waals surface area (Å²) in [5, 5.41) is 2.50. The van der Waals surface area contributed by atoms with E-state index in [-0.39, 0.29) is 0 Å². The number of rotatable bonds is 9. The van der Waals surface area contributed by atoms with E-state index in [4.69, 9.17) is 0 Å². The van der Waals surface area contributed by atoms with Crippen LogP contribution in [0.5, 0.6) is 0 Å². The summed E-state index contributed by atoms with van der Waals surface area (Å²) in [6.07, 6.45) is 0. The minimum Gasteiger partial charge on any atom is -0.310 e. The van der Waals surface area contributed by atoms with Crippen molar-refractivity contribution >= 4 is 27.8 Å². The minimum absolute atomic E-state index is 1.09. The summed E-state index contributed by atoms with van der Waals surface area (Å²) in [5.74, 6) is 0. The van der Waals surface area contributed by atoms with E-state index in [0.29, 0.717) is 0 Å². The smallest absolute Gasteiger partial charge is 0.0540 e. The Balaban J connectivity index is 1.04. The molecule has 0 atom stereocenters. The van der Waals surface area contributed by atoms with E-state index in [9.17, 15) is 0 Å². The molecule has 0 aliphatic carbocycles. The molecule has 10 aromatic carbocycles. The fraction of sp³-hybridized carbons (Fsp3) is 0. The Morgan fingerprint density at radius 2 is 0.508 bits per heavy atom. The highest BCUT2D eigenvalue weighted by Crippen LogP contribution is 2.43. The standard InChI is InChI=1S/C58H41N/c1-4-14-42(15-5-1)44-26-28-45(29-27-44)46-30-32-49(33-31-46)54-22-10-11-25-57(54)59(52-38-34-47(35-39-52)43-16-6-2-7-17-43)53-40-36-50(37-41-53)56-24-13-21-51-20-12-23-55(58(51)56)48-18-8-3-9-19-48/h1-41H. The molecule has 10 rings (SSSR count). The van der Waals surface area contributed by atoms with Crippen LogP contribution < -0.4 is 4.90 Å². The summed E-state index contributed by atoms with van der Waals surface area (Å²) < 4.78 is 0. The summed E-state index contributed by atoms with van der Waals surface area (Å²) in [4.78, 5) is 2.39. The van der Waals surface area contributed by atoms with Gasteiger partial charge in [0.1, 0.15) is 0 Å². The first-order chi connectivity index (χ1) is 29.3. The maximum atomic E-state index is 2.39. The van der Waals surface area contributed by atoms with Crippen LogP contribution in [0.1, 0.15) is 0 Å². The quantitative estimate of drug-likeness (QED) is 0.142. The molecule has 59 heavy (non-hydrogen) atoms. The number of hydrogen-bond donors (Lipinski definition) is 0. The average Bonchev–Trinajstić information content (AvgIpc) is 3.33. The maximum absolute atomic E-state index is 2.39. The predicted octanol–water partition coefficient (Wildman–Crippen LogP) is 16.3. The third-order valence-electron chi connectivity index (χ3n) is 11.3. The third kappa shape index (κ3) is 7.23. The van der Waals surface area contributed by atoms with Crippen molar-refractivity contribution in [1.29, 1.82) is 0 Å². The van der Waals surface area contributed by atoms with Crippen molar-refractivity contribution in [1.82, 2.24) is 0 Å². The number of benzene rings is 10. The molecule has 0 saturated heterocycles. The van der Waals surface area contributed by atoms with E-state index in [1.54, 1.807) is 0 Å². The molecule has 0 fully saturated rings. The number of hydrogen-bond acceptors (Lipinski definition) is 1. The summed E-state index contributed by atoms with van der Waals surface area (Å²) in [6.45, 7) is 0. The number of para-hydroxylation sites is 1. The van der Waals surface area contributed by atoms with Gasteiger partial charge in [0, 0.05) is 16.9 Å². The zero-order valence-electron chi connectivity index (χ0n) is 32.6. The van der Waals surface area contributed by atoms with Crippen molar-refractivity contribution in [2.45, 2.75) is 0 Å². The minimum atomic E-state index is 1.09.